The van der Waals surface area contributed by atoms with E-state index in [-0.39, 0.29) is 0 Å². The minimum absolute atomic E-state index is 0.385. The maximum absolute atomic E-state index is 4.29. The summed E-state index contributed by atoms with van der Waals surface area (Å²) in [4.78, 5) is 20.5. The monoisotopic (exact) mass is 243 g/mol. The van der Waals surface area contributed by atoms with Crippen LogP contribution in [-0.4, -0.2) is 46.3 Å². The van der Waals surface area contributed by atoms with Gasteiger partial charge in [-0.3, -0.25) is 4.57 Å². The summed E-state index contributed by atoms with van der Waals surface area (Å²) < 4.78 is 3.14. The molecule has 0 aliphatic rings. The molecule has 3 rings (SSSR count). The summed E-state index contributed by atoms with van der Waals surface area (Å²) in [7, 11) is 1.73. The molecule has 3 heterocycles. The molecule has 0 aliphatic heterocycles. The molecule has 3 aromatic rings. The number of aromatic nitrogens is 8. The second kappa shape index (κ2) is 4.20. The summed E-state index contributed by atoms with van der Waals surface area (Å²) in [6, 6.07) is 0. The van der Waals surface area contributed by atoms with E-state index in [4.69, 9.17) is 0 Å². The van der Waals surface area contributed by atoms with Gasteiger partial charge >= 0.3 is 0 Å². The Morgan fingerprint density at radius 3 is 2.61 bits per heavy atom. The summed E-state index contributed by atoms with van der Waals surface area (Å²) in [6.07, 6.45) is 7.95. The molecule has 0 unspecified atom stereocenters. The first-order valence-electron chi connectivity index (χ1n) is 5.14. The van der Waals surface area contributed by atoms with Crippen LogP contribution in [0.4, 0.5) is 5.95 Å². The highest BCUT2D eigenvalue weighted by atomic mass is 15.4. The van der Waals surface area contributed by atoms with E-state index in [1.165, 1.54) is 17.3 Å². The fourth-order valence-electron chi connectivity index (χ4n) is 1.37. The van der Waals surface area contributed by atoms with Crippen molar-refractivity contribution >= 4 is 5.95 Å². The van der Waals surface area contributed by atoms with Crippen molar-refractivity contribution in [3.63, 3.8) is 0 Å². The predicted octanol–water partition coefficient (Wildman–Crippen LogP) is -0.320. The third-order valence-electron chi connectivity index (χ3n) is 2.19. The molecule has 9 heteroatoms. The lowest BCUT2D eigenvalue weighted by atomic mass is 10.7. The van der Waals surface area contributed by atoms with E-state index in [1.54, 1.807) is 30.3 Å². The molecule has 0 saturated heterocycles. The largest absolute Gasteiger partial charge is 0.357 e. The number of rotatable bonds is 3. The van der Waals surface area contributed by atoms with Crippen molar-refractivity contribution in [3.05, 3.63) is 31.4 Å². The van der Waals surface area contributed by atoms with Crippen molar-refractivity contribution in [2.24, 2.45) is 0 Å². The highest BCUT2D eigenvalue weighted by molar-refractivity contribution is 5.31. The Labute approximate surface area is 102 Å². The molecule has 3 aromatic heterocycles. The molecule has 0 bridgehead atoms. The Balaban J connectivity index is 2.13. The fraction of sp³-hybridized carbons (Fsp3) is 0.111. The number of nitrogens with one attached hydrogen (secondary N) is 1. The third-order valence-corrected chi connectivity index (χ3v) is 2.19. The van der Waals surface area contributed by atoms with E-state index in [0.717, 1.165) is 0 Å². The van der Waals surface area contributed by atoms with Crippen molar-refractivity contribution in [1.82, 2.24) is 39.3 Å². The van der Waals surface area contributed by atoms with Crippen molar-refractivity contribution in [1.29, 1.82) is 0 Å². The molecular formula is C9H9N9. The third kappa shape index (κ3) is 1.77. The quantitative estimate of drug-likeness (QED) is 0.672. The van der Waals surface area contributed by atoms with Crippen molar-refractivity contribution in [2.75, 3.05) is 12.4 Å². The van der Waals surface area contributed by atoms with Gasteiger partial charge in [0.1, 0.15) is 19.0 Å². The van der Waals surface area contributed by atoms with Gasteiger partial charge < -0.3 is 5.32 Å². The van der Waals surface area contributed by atoms with Crippen LogP contribution in [0.1, 0.15) is 0 Å². The highest BCUT2D eigenvalue weighted by Crippen LogP contribution is 2.07. The minimum Gasteiger partial charge on any atom is -0.357 e. The molecular weight excluding hydrogens is 234 g/mol. The van der Waals surface area contributed by atoms with Crippen LogP contribution in [0.5, 0.6) is 0 Å². The standard InChI is InChI=1S/C9H9N9/c1-10-7-14-8(17-3-2-11-5-17)16-9(15-7)18-6-12-4-13-18/h2-6H,1H3,(H,10,14,15,16). The summed E-state index contributed by atoms with van der Waals surface area (Å²) in [5.74, 6) is 1.28. The molecule has 0 aliphatic carbocycles. The van der Waals surface area contributed by atoms with Gasteiger partial charge in [-0.2, -0.15) is 24.7 Å². The van der Waals surface area contributed by atoms with Crippen molar-refractivity contribution in [2.45, 2.75) is 0 Å². The van der Waals surface area contributed by atoms with Crippen LogP contribution in [-0.2, 0) is 0 Å². The molecule has 0 atom stereocenters. The normalized spacial score (nSPS) is 10.5. The average Bonchev–Trinajstić information content (AvgIpc) is 3.10. The lowest BCUT2D eigenvalue weighted by Gasteiger charge is -2.06. The zero-order chi connectivity index (χ0) is 12.4. The van der Waals surface area contributed by atoms with E-state index in [9.17, 15) is 0 Å². The van der Waals surface area contributed by atoms with Crippen LogP contribution in [0, 0.1) is 0 Å². The van der Waals surface area contributed by atoms with Gasteiger partial charge in [-0.25, -0.2) is 9.97 Å². The highest BCUT2D eigenvalue weighted by Gasteiger charge is 2.08. The lowest BCUT2D eigenvalue weighted by molar-refractivity contribution is 0.775. The number of anilines is 1. The van der Waals surface area contributed by atoms with Gasteiger partial charge in [-0.05, 0) is 0 Å². The summed E-state index contributed by atoms with van der Waals surface area (Å²) in [6.45, 7) is 0. The Bertz CT molecular complexity index is 576. The molecule has 0 fully saturated rings. The van der Waals surface area contributed by atoms with Crippen LogP contribution in [0.25, 0.3) is 11.9 Å². The van der Waals surface area contributed by atoms with Crippen molar-refractivity contribution in [3.8, 4) is 11.9 Å². The number of nitrogens with zero attached hydrogens (tertiary/aromatic N) is 8. The fourth-order valence-corrected chi connectivity index (χ4v) is 1.37. The second-order valence-electron chi connectivity index (χ2n) is 3.32. The molecule has 0 aromatic carbocycles. The SMILES string of the molecule is CNc1nc(-n2ccnc2)nc(-n2cncn2)n1. The molecule has 0 radical (unpaired) electrons. The summed E-state index contributed by atoms with van der Waals surface area (Å²) in [5.41, 5.74) is 0. The van der Waals surface area contributed by atoms with Gasteiger partial charge in [0.2, 0.25) is 11.9 Å². The molecule has 0 amide bonds. The lowest BCUT2D eigenvalue weighted by Crippen LogP contribution is -2.10. The van der Waals surface area contributed by atoms with Crippen molar-refractivity contribution < 1.29 is 0 Å². The number of imidazole rings is 1. The van der Waals surface area contributed by atoms with Crippen LogP contribution >= 0.6 is 0 Å². The van der Waals surface area contributed by atoms with E-state index >= 15 is 0 Å². The van der Waals surface area contributed by atoms with Gasteiger partial charge in [-0.15, -0.1) is 0 Å². The van der Waals surface area contributed by atoms with Crippen LogP contribution in [0.3, 0.4) is 0 Å². The molecule has 0 saturated carbocycles. The molecule has 1 N–H and O–H groups in total. The zero-order valence-electron chi connectivity index (χ0n) is 9.46. The van der Waals surface area contributed by atoms with Crippen LogP contribution < -0.4 is 5.32 Å². The number of hydrogen-bond acceptors (Lipinski definition) is 7. The predicted molar refractivity (Wildman–Crippen MR) is 61.4 cm³/mol. The topological polar surface area (TPSA) is 99.2 Å². The van der Waals surface area contributed by atoms with Gasteiger partial charge in [-0.1, -0.05) is 0 Å². The first-order chi connectivity index (χ1) is 8.86. The Hall–Kier alpha value is -2.84. The van der Waals surface area contributed by atoms with Crippen LogP contribution in [0.15, 0.2) is 31.4 Å². The maximum Gasteiger partial charge on any atom is 0.258 e. The Kier molecular flexibility index (Phi) is 2.41. The van der Waals surface area contributed by atoms with Gasteiger partial charge in [0.15, 0.2) is 0 Å². The maximum atomic E-state index is 4.29. The average molecular weight is 243 g/mol. The van der Waals surface area contributed by atoms with E-state index in [1.807, 2.05) is 0 Å². The molecule has 0 spiro atoms. The van der Waals surface area contributed by atoms with E-state index in [2.05, 4.69) is 35.3 Å². The first kappa shape index (κ1) is 10.3. The van der Waals surface area contributed by atoms with Gasteiger partial charge in [0, 0.05) is 19.4 Å². The van der Waals surface area contributed by atoms with Gasteiger partial charge in [0.25, 0.3) is 5.95 Å². The van der Waals surface area contributed by atoms with Crippen LogP contribution in [0.2, 0.25) is 0 Å². The minimum atomic E-state index is 0.385. The molecule has 9 nitrogen and oxygen atoms in total. The van der Waals surface area contributed by atoms with E-state index in [0.29, 0.717) is 17.8 Å². The second-order valence-corrected chi connectivity index (χ2v) is 3.32. The number of hydrogen-bond donors (Lipinski definition) is 1. The Morgan fingerprint density at radius 2 is 1.94 bits per heavy atom. The first-order valence-corrected chi connectivity index (χ1v) is 5.14. The van der Waals surface area contributed by atoms with Gasteiger partial charge in [0.05, 0.1) is 0 Å². The molecule has 90 valence electrons. The Morgan fingerprint density at radius 1 is 1.06 bits per heavy atom. The molecule has 18 heavy (non-hydrogen) atoms. The smallest absolute Gasteiger partial charge is 0.258 e. The zero-order valence-corrected chi connectivity index (χ0v) is 9.46. The van der Waals surface area contributed by atoms with E-state index < -0.39 is 0 Å². The summed E-state index contributed by atoms with van der Waals surface area (Å²) >= 11 is 0. The summed E-state index contributed by atoms with van der Waals surface area (Å²) in [5, 5.41) is 6.86.